The number of carbonyl (C=O) groups excluding carboxylic acids is 1. The molecule has 20 heavy (non-hydrogen) atoms. The lowest BCUT2D eigenvalue weighted by Crippen LogP contribution is -2.18. The highest BCUT2D eigenvalue weighted by molar-refractivity contribution is 7.22. The molecule has 1 N–H and O–H groups in total. The molecule has 1 fully saturated rings. The second-order valence-corrected chi connectivity index (χ2v) is 6.85. The molecule has 1 aliphatic carbocycles. The molecule has 0 aliphatic heterocycles. The van der Waals surface area contributed by atoms with Crippen LogP contribution in [0.5, 0.6) is 0 Å². The Balaban J connectivity index is 1.64. The van der Waals surface area contributed by atoms with E-state index in [1.807, 2.05) is 18.2 Å². The molecule has 1 aromatic carbocycles. The van der Waals surface area contributed by atoms with Gasteiger partial charge in [0.05, 0.1) is 10.2 Å². The first kappa shape index (κ1) is 13.8. The van der Waals surface area contributed by atoms with Crippen molar-refractivity contribution in [3.8, 4) is 0 Å². The summed E-state index contributed by atoms with van der Waals surface area (Å²) >= 11 is 7.43. The molecule has 2 aromatic rings. The number of aromatic nitrogens is 1. The number of fused-ring (bicyclic) bond motifs is 1. The van der Waals surface area contributed by atoms with Gasteiger partial charge in [-0.1, -0.05) is 42.2 Å². The van der Waals surface area contributed by atoms with Crippen LogP contribution in [0.2, 0.25) is 5.02 Å². The van der Waals surface area contributed by atoms with Crippen molar-refractivity contribution >= 4 is 44.2 Å². The lowest BCUT2D eigenvalue weighted by molar-refractivity contribution is -0.117. The quantitative estimate of drug-likeness (QED) is 0.880. The molecular formula is C15H17ClN2OS. The standard InChI is InChI=1S/C15H17ClN2OS/c16-11-6-7-12-13(9-11)20-15(17-12)18-14(19)8-10-4-2-1-3-5-10/h6-7,9-10H,1-5,8H2,(H,17,18,19). The van der Waals surface area contributed by atoms with Gasteiger partial charge < -0.3 is 5.32 Å². The summed E-state index contributed by atoms with van der Waals surface area (Å²) < 4.78 is 1.01. The molecule has 1 aliphatic rings. The Labute approximate surface area is 127 Å². The van der Waals surface area contributed by atoms with E-state index in [1.54, 1.807) is 0 Å². The summed E-state index contributed by atoms with van der Waals surface area (Å²) in [4.78, 5) is 16.5. The van der Waals surface area contributed by atoms with Crippen molar-refractivity contribution in [2.24, 2.45) is 5.92 Å². The topological polar surface area (TPSA) is 42.0 Å². The van der Waals surface area contributed by atoms with E-state index in [0.29, 0.717) is 22.5 Å². The predicted octanol–water partition coefficient (Wildman–Crippen LogP) is 4.86. The molecule has 0 atom stereocenters. The van der Waals surface area contributed by atoms with Crippen molar-refractivity contribution < 1.29 is 4.79 Å². The van der Waals surface area contributed by atoms with Gasteiger partial charge in [0.15, 0.2) is 5.13 Å². The maximum atomic E-state index is 12.1. The third-order valence-electron chi connectivity index (χ3n) is 3.80. The lowest BCUT2D eigenvalue weighted by Gasteiger charge is -2.20. The molecule has 0 unspecified atom stereocenters. The summed E-state index contributed by atoms with van der Waals surface area (Å²) in [6.07, 6.45) is 6.83. The first-order chi connectivity index (χ1) is 9.70. The maximum absolute atomic E-state index is 12.1. The van der Waals surface area contributed by atoms with Crippen LogP contribution in [0.1, 0.15) is 38.5 Å². The molecule has 5 heteroatoms. The summed E-state index contributed by atoms with van der Waals surface area (Å²) in [5.41, 5.74) is 0.882. The van der Waals surface area contributed by atoms with Crippen LogP contribution < -0.4 is 5.32 Å². The molecule has 3 nitrogen and oxygen atoms in total. The zero-order valence-electron chi connectivity index (χ0n) is 11.2. The van der Waals surface area contributed by atoms with E-state index in [-0.39, 0.29) is 5.91 Å². The minimum Gasteiger partial charge on any atom is -0.302 e. The number of thiazole rings is 1. The molecule has 1 heterocycles. The monoisotopic (exact) mass is 308 g/mol. The largest absolute Gasteiger partial charge is 0.302 e. The Hall–Kier alpha value is -1.13. The van der Waals surface area contributed by atoms with Crippen molar-refractivity contribution in [3.05, 3.63) is 23.2 Å². The van der Waals surface area contributed by atoms with Crippen molar-refractivity contribution in [2.75, 3.05) is 5.32 Å². The van der Waals surface area contributed by atoms with Gasteiger partial charge >= 0.3 is 0 Å². The smallest absolute Gasteiger partial charge is 0.226 e. The predicted molar refractivity (Wildman–Crippen MR) is 84.5 cm³/mol. The Morgan fingerprint density at radius 2 is 2.15 bits per heavy atom. The van der Waals surface area contributed by atoms with Crippen LogP contribution in [0.4, 0.5) is 5.13 Å². The number of hydrogen-bond acceptors (Lipinski definition) is 3. The maximum Gasteiger partial charge on any atom is 0.226 e. The number of anilines is 1. The van der Waals surface area contributed by atoms with Gasteiger partial charge in [0.25, 0.3) is 0 Å². The summed E-state index contributed by atoms with van der Waals surface area (Å²) in [7, 11) is 0. The Kier molecular flexibility index (Phi) is 4.22. The molecule has 0 spiro atoms. The lowest BCUT2D eigenvalue weighted by atomic mass is 9.87. The number of amides is 1. The number of nitrogens with one attached hydrogen (secondary N) is 1. The number of hydrogen-bond donors (Lipinski definition) is 1. The van der Waals surface area contributed by atoms with Gasteiger partial charge in [-0.25, -0.2) is 4.98 Å². The molecule has 1 aromatic heterocycles. The van der Waals surface area contributed by atoms with Crippen LogP contribution in [-0.4, -0.2) is 10.9 Å². The Morgan fingerprint density at radius 1 is 1.35 bits per heavy atom. The molecule has 1 saturated carbocycles. The van der Waals surface area contributed by atoms with Crippen molar-refractivity contribution in [1.29, 1.82) is 0 Å². The molecule has 3 rings (SSSR count). The van der Waals surface area contributed by atoms with E-state index >= 15 is 0 Å². The Morgan fingerprint density at radius 3 is 2.95 bits per heavy atom. The van der Waals surface area contributed by atoms with Gasteiger partial charge in [0.2, 0.25) is 5.91 Å². The van der Waals surface area contributed by atoms with Gasteiger partial charge in [-0.15, -0.1) is 0 Å². The van der Waals surface area contributed by atoms with E-state index in [9.17, 15) is 4.79 Å². The van der Waals surface area contributed by atoms with E-state index < -0.39 is 0 Å². The fraction of sp³-hybridized carbons (Fsp3) is 0.467. The summed E-state index contributed by atoms with van der Waals surface area (Å²) in [5.74, 6) is 0.634. The van der Waals surface area contributed by atoms with Gasteiger partial charge in [-0.3, -0.25) is 4.79 Å². The highest BCUT2D eigenvalue weighted by Gasteiger charge is 2.17. The van der Waals surface area contributed by atoms with Gasteiger partial charge in [-0.05, 0) is 37.0 Å². The number of nitrogens with zero attached hydrogens (tertiary/aromatic N) is 1. The number of carbonyl (C=O) groups is 1. The highest BCUT2D eigenvalue weighted by atomic mass is 35.5. The van der Waals surface area contributed by atoms with Crippen LogP contribution in [-0.2, 0) is 4.79 Å². The average molecular weight is 309 g/mol. The van der Waals surface area contributed by atoms with Gasteiger partial charge in [0.1, 0.15) is 0 Å². The first-order valence-electron chi connectivity index (χ1n) is 7.06. The normalized spacial score (nSPS) is 16.4. The van der Waals surface area contributed by atoms with E-state index in [4.69, 9.17) is 11.6 Å². The Bertz CT molecular complexity index is 619. The zero-order chi connectivity index (χ0) is 13.9. The molecule has 0 radical (unpaired) electrons. The molecule has 0 saturated heterocycles. The number of rotatable bonds is 3. The zero-order valence-corrected chi connectivity index (χ0v) is 12.8. The number of benzene rings is 1. The minimum atomic E-state index is 0.0852. The van der Waals surface area contributed by atoms with Crippen molar-refractivity contribution in [1.82, 2.24) is 4.98 Å². The van der Waals surface area contributed by atoms with E-state index in [2.05, 4.69) is 10.3 Å². The molecule has 106 valence electrons. The number of halogens is 1. The summed E-state index contributed by atoms with van der Waals surface area (Å²) in [6, 6.07) is 5.58. The van der Waals surface area contributed by atoms with Crippen LogP contribution >= 0.6 is 22.9 Å². The summed E-state index contributed by atoms with van der Waals surface area (Å²) in [6.45, 7) is 0. The van der Waals surface area contributed by atoms with Crippen LogP contribution in [0.15, 0.2) is 18.2 Å². The third-order valence-corrected chi connectivity index (χ3v) is 4.96. The van der Waals surface area contributed by atoms with Crippen molar-refractivity contribution in [2.45, 2.75) is 38.5 Å². The second-order valence-electron chi connectivity index (χ2n) is 5.39. The van der Waals surface area contributed by atoms with Crippen LogP contribution in [0.3, 0.4) is 0 Å². The first-order valence-corrected chi connectivity index (χ1v) is 8.26. The van der Waals surface area contributed by atoms with E-state index in [0.717, 1.165) is 10.2 Å². The summed E-state index contributed by atoms with van der Waals surface area (Å²) in [5, 5.41) is 4.29. The van der Waals surface area contributed by atoms with Crippen molar-refractivity contribution in [3.63, 3.8) is 0 Å². The SMILES string of the molecule is O=C(CC1CCCCC1)Nc1nc2ccc(Cl)cc2s1. The van der Waals surface area contributed by atoms with Crippen LogP contribution in [0, 0.1) is 5.92 Å². The fourth-order valence-corrected chi connectivity index (χ4v) is 3.93. The molecule has 0 bridgehead atoms. The third kappa shape index (κ3) is 3.30. The van der Waals surface area contributed by atoms with Gasteiger partial charge in [-0.2, -0.15) is 0 Å². The van der Waals surface area contributed by atoms with E-state index in [1.165, 1.54) is 43.4 Å². The minimum absolute atomic E-state index is 0.0852. The average Bonchev–Trinajstić information content (AvgIpc) is 2.80. The highest BCUT2D eigenvalue weighted by Crippen LogP contribution is 2.30. The molecular weight excluding hydrogens is 292 g/mol. The van der Waals surface area contributed by atoms with Gasteiger partial charge in [0, 0.05) is 11.4 Å². The second kappa shape index (κ2) is 6.10. The molecule has 1 amide bonds. The fourth-order valence-electron chi connectivity index (χ4n) is 2.78. The van der Waals surface area contributed by atoms with Crippen LogP contribution in [0.25, 0.3) is 10.2 Å².